The number of hydrogen-bond acceptors (Lipinski definition) is 8. The molecule has 29 heavy (non-hydrogen) atoms. The minimum atomic E-state index is -0.837. The fourth-order valence-corrected chi connectivity index (χ4v) is 2.67. The summed E-state index contributed by atoms with van der Waals surface area (Å²) >= 11 is 1.21. The quantitative estimate of drug-likeness (QED) is 0.444. The number of amides is 2. The van der Waals surface area contributed by atoms with E-state index in [0.29, 0.717) is 6.42 Å². The highest BCUT2D eigenvalue weighted by atomic mass is 32.2. The predicted octanol–water partition coefficient (Wildman–Crippen LogP) is 2.43. The molecule has 1 aromatic heterocycles. The number of carbonyl (C=O) groups is 3. The van der Waals surface area contributed by atoms with Crippen molar-refractivity contribution in [1.82, 2.24) is 20.8 Å². The lowest BCUT2D eigenvalue weighted by Gasteiger charge is -2.19. The number of thioether (sulfide) groups is 1. The number of aromatic nitrogens is 2. The van der Waals surface area contributed by atoms with Gasteiger partial charge in [-0.3, -0.25) is 9.59 Å². The number of Topliss-reactive ketones (excluding diaryl/α,β-unsaturated/α-hetero) is 1. The molecule has 0 radical (unpaired) electrons. The molecule has 0 saturated heterocycles. The third kappa shape index (κ3) is 7.57. The number of hydrogen-bond donors (Lipinski definition) is 2. The topological polar surface area (TPSA) is 123 Å². The molecule has 0 aliphatic heterocycles. The number of ketones is 1. The maximum absolute atomic E-state index is 12.5. The van der Waals surface area contributed by atoms with Crippen LogP contribution in [-0.4, -0.2) is 46.8 Å². The van der Waals surface area contributed by atoms with Crippen molar-refractivity contribution in [3.8, 4) is 0 Å². The van der Waals surface area contributed by atoms with Gasteiger partial charge < -0.3 is 19.8 Å². The lowest BCUT2D eigenvalue weighted by atomic mass is 10.0. The number of nitrogens with zero attached hydrogens (tertiary/aromatic N) is 2. The van der Waals surface area contributed by atoms with Crippen molar-refractivity contribution < 1.29 is 23.5 Å². The van der Waals surface area contributed by atoms with E-state index >= 15 is 0 Å². The SMILES string of the molecule is CSc1nnc(C(=O)CNC(=O)C(CC(C)C)NC(=O)OCc2ccccc2)o1. The second-order valence-electron chi connectivity index (χ2n) is 6.61. The zero-order chi connectivity index (χ0) is 21.2. The molecular formula is C19H24N4O5S. The Morgan fingerprint density at radius 2 is 1.90 bits per heavy atom. The lowest BCUT2D eigenvalue weighted by molar-refractivity contribution is -0.123. The van der Waals surface area contributed by atoms with Gasteiger partial charge in [0.15, 0.2) is 0 Å². The first kappa shape index (κ1) is 22.4. The first-order chi connectivity index (χ1) is 13.9. The third-order valence-corrected chi connectivity index (χ3v) is 4.29. The van der Waals surface area contributed by atoms with Crippen molar-refractivity contribution >= 4 is 29.5 Å². The summed E-state index contributed by atoms with van der Waals surface area (Å²) in [5.41, 5.74) is 0.835. The number of alkyl carbamates (subject to hydrolysis) is 1. The molecule has 1 atom stereocenters. The van der Waals surface area contributed by atoms with E-state index in [4.69, 9.17) is 9.15 Å². The van der Waals surface area contributed by atoms with Crippen LogP contribution in [0.2, 0.25) is 0 Å². The summed E-state index contributed by atoms with van der Waals surface area (Å²) in [6, 6.07) is 8.37. The van der Waals surface area contributed by atoms with Gasteiger partial charge in [0.05, 0.1) is 6.54 Å². The van der Waals surface area contributed by atoms with Crippen LogP contribution in [0.1, 0.15) is 36.5 Å². The molecule has 0 saturated carbocycles. The fourth-order valence-electron chi connectivity index (χ4n) is 2.38. The minimum Gasteiger partial charge on any atom is -0.445 e. The van der Waals surface area contributed by atoms with Crippen LogP contribution < -0.4 is 10.6 Å². The highest BCUT2D eigenvalue weighted by Gasteiger charge is 2.24. The van der Waals surface area contributed by atoms with Crippen LogP contribution in [0.25, 0.3) is 0 Å². The molecule has 2 N–H and O–H groups in total. The van der Waals surface area contributed by atoms with Crippen LogP contribution in [0.15, 0.2) is 40.0 Å². The fraction of sp³-hybridized carbons (Fsp3) is 0.421. The zero-order valence-corrected chi connectivity index (χ0v) is 17.3. The maximum atomic E-state index is 12.5. The molecule has 2 aromatic rings. The van der Waals surface area contributed by atoms with Gasteiger partial charge in [-0.15, -0.1) is 10.2 Å². The van der Waals surface area contributed by atoms with Gasteiger partial charge in [0.25, 0.3) is 11.1 Å². The second-order valence-corrected chi connectivity index (χ2v) is 7.36. The van der Waals surface area contributed by atoms with Crippen LogP contribution in [0, 0.1) is 5.92 Å². The maximum Gasteiger partial charge on any atom is 0.408 e. The van der Waals surface area contributed by atoms with Crippen LogP contribution in [0.5, 0.6) is 0 Å². The summed E-state index contributed by atoms with van der Waals surface area (Å²) in [7, 11) is 0. The number of rotatable bonds is 10. The van der Waals surface area contributed by atoms with Gasteiger partial charge >= 0.3 is 6.09 Å². The van der Waals surface area contributed by atoms with Gasteiger partial charge in [0, 0.05) is 0 Å². The van der Waals surface area contributed by atoms with Crippen molar-refractivity contribution in [3.05, 3.63) is 41.8 Å². The Labute approximate surface area is 173 Å². The molecule has 156 valence electrons. The summed E-state index contributed by atoms with van der Waals surface area (Å²) in [6.07, 6.45) is 1.42. The largest absolute Gasteiger partial charge is 0.445 e. The number of ether oxygens (including phenoxy) is 1. The van der Waals surface area contributed by atoms with Crippen molar-refractivity contribution in [2.24, 2.45) is 5.92 Å². The second kappa shape index (κ2) is 11.2. The number of benzene rings is 1. The standard InChI is InChI=1S/C19H24N4O5S/c1-12(2)9-14(21-18(26)27-11-13-7-5-4-6-8-13)16(25)20-10-15(24)17-22-23-19(28-17)29-3/h4-8,12,14H,9-11H2,1-3H3,(H,20,25)(H,21,26). The molecule has 1 heterocycles. The van der Waals surface area contributed by atoms with Gasteiger partial charge in [0.1, 0.15) is 12.6 Å². The molecule has 0 fully saturated rings. The van der Waals surface area contributed by atoms with Crippen LogP contribution in [0.3, 0.4) is 0 Å². The molecule has 0 aliphatic carbocycles. The normalized spacial score (nSPS) is 11.7. The van der Waals surface area contributed by atoms with E-state index in [2.05, 4.69) is 20.8 Å². The van der Waals surface area contributed by atoms with Gasteiger partial charge in [-0.25, -0.2) is 4.79 Å². The monoisotopic (exact) mass is 420 g/mol. The number of nitrogens with one attached hydrogen (secondary N) is 2. The Morgan fingerprint density at radius 1 is 1.17 bits per heavy atom. The Hall–Kier alpha value is -2.88. The van der Waals surface area contributed by atoms with E-state index in [1.165, 1.54) is 11.8 Å². The lowest BCUT2D eigenvalue weighted by Crippen LogP contribution is -2.48. The van der Waals surface area contributed by atoms with Gasteiger partial charge in [0.2, 0.25) is 11.7 Å². The molecule has 2 rings (SSSR count). The summed E-state index contributed by atoms with van der Waals surface area (Å²) in [5.74, 6) is -1.05. The van der Waals surface area contributed by atoms with Crippen molar-refractivity contribution in [1.29, 1.82) is 0 Å². The Kier molecular flexibility index (Phi) is 8.66. The van der Waals surface area contributed by atoms with E-state index < -0.39 is 23.8 Å². The zero-order valence-electron chi connectivity index (χ0n) is 16.5. The van der Waals surface area contributed by atoms with Crippen molar-refractivity contribution in [2.45, 2.75) is 38.1 Å². The molecular weight excluding hydrogens is 396 g/mol. The third-order valence-electron chi connectivity index (χ3n) is 3.77. The summed E-state index contributed by atoms with van der Waals surface area (Å²) in [6.45, 7) is 3.62. The average Bonchev–Trinajstić information content (AvgIpc) is 3.19. The average molecular weight is 420 g/mol. The van der Waals surface area contributed by atoms with Crippen molar-refractivity contribution in [3.63, 3.8) is 0 Å². The summed E-state index contributed by atoms with van der Waals surface area (Å²) in [5, 5.41) is 12.6. The first-order valence-corrected chi connectivity index (χ1v) is 10.3. The van der Waals surface area contributed by atoms with E-state index in [1.807, 2.05) is 44.2 Å². The summed E-state index contributed by atoms with van der Waals surface area (Å²) in [4.78, 5) is 36.6. The Morgan fingerprint density at radius 3 is 2.52 bits per heavy atom. The van der Waals surface area contributed by atoms with Gasteiger partial charge in [-0.05, 0) is 24.2 Å². The smallest absolute Gasteiger partial charge is 0.408 e. The van der Waals surface area contributed by atoms with Gasteiger partial charge in [-0.1, -0.05) is 55.9 Å². The molecule has 2 amide bonds. The highest BCUT2D eigenvalue weighted by Crippen LogP contribution is 2.12. The first-order valence-electron chi connectivity index (χ1n) is 9.04. The van der Waals surface area contributed by atoms with E-state index in [0.717, 1.165) is 5.56 Å². The molecule has 0 bridgehead atoms. The Balaban J connectivity index is 1.87. The summed E-state index contributed by atoms with van der Waals surface area (Å²) < 4.78 is 10.3. The van der Waals surface area contributed by atoms with E-state index in [9.17, 15) is 14.4 Å². The molecule has 1 aromatic carbocycles. The van der Waals surface area contributed by atoms with Crippen molar-refractivity contribution in [2.75, 3.05) is 12.8 Å². The van der Waals surface area contributed by atoms with Crippen LogP contribution in [-0.2, 0) is 16.1 Å². The van der Waals surface area contributed by atoms with Crippen LogP contribution in [0.4, 0.5) is 4.79 Å². The van der Waals surface area contributed by atoms with Gasteiger partial charge in [-0.2, -0.15) is 0 Å². The Bertz CT molecular complexity index is 825. The minimum absolute atomic E-state index is 0.0934. The molecule has 0 aliphatic rings. The molecule has 1 unspecified atom stereocenters. The molecule has 0 spiro atoms. The highest BCUT2D eigenvalue weighted by molar-refractivity contribution is 7.98. The van der Waals surface area contributed by atoms with E-state index in [-0.39, 0.29) is 30.2 Å². The predicted molar refractivity (Wildman–Crippen MR) is 106 cm³/mol. The number of carbonyl (C=O) groups excluding carboxylic acids is 3. The molecule has 10 heteroatoms. The molecule has 9 nitrogen and oxygen atoms in total. The van der Waals surface area contributed by atoms with E-state index in [1.54, 1.807) is 6.26 Å². The van der Waals surface area contributed by atoms with Crippen LogP contribution >= 0.6 is 11.8 Å².